The van der Waals surface area contributed by atoms with Crippen LogP contribution in [0, 0.1) is 12.8 Å². The van der Waals surface area contributed by atoms with E-state index in [0.717, 1.165) is 31.0 Å². The van der Waals surface area contributed by atoms with Gasteiger partial charge in [-0.2, -0.15) is 0 Å². The van der Waals surface area contributed by atoms with Crippen molar-refractivity contribution in [3.63, 3.8) is 0 Å². The number of hydrogen-bond donors (Lipinski definition) is 2. The zero-order valence-electron chi connectivity index (χ0n) is 16.4. The molecule has 142 valence electrons. The molecule has 0 amide bonds. The van der Waals surface area contributed by atoms with Crippen molar-refractivity contribution in [3.8, 4) is 0 Å². The Morgan fingerprint density at radius 1 is 1.07 bits per heavy atom. The van der Waals surface area contributed by atoms with E-state index in [1.165, 1.54) is 34.9 Å². The van der Waals surface area contributed by atoms with E-state index in [1.54, 1.807) is 0 Å². The van der Waals surface area contributed by atoms with Gasteiger partial charge < -0.3 is 10.1 Å². The minimum Gasteiger partial charge on any atom is -0.387 e. The minimum absolute atomic E-state index is 0.157. The summed E-state index contributed by atoms with van der Waals surface area (Å²) in [7, 11) is 0. The quantitative estimate of drug-likeness (QED) is 0.681. The lowest BCUT2D eigenvalue weighted by Crippen LogP contribution is -2.43. The van der Waals surface area contributed by atoms with Gasteiger partial charge in [0.2, 0.25) is 0 Å². The lowest BCUT2D eigenvalue weighted by Gasteiger charge is -2.38. The second-order valence-electron chi connectivity index (χ2n) is 8.18. The van der Waals surface area contributed by atoms with Gasteiger partial charge in [0.1, 0.15) is 0 Å². The van der Waals surface area contributed by atoms with E-state index in [2.05, 4.69) is 72.3 Å². The van der Waals surface area contributed by atoms with E-state index in [-0.39, 0.29) is 6.04 Å². The number of H-pyrrole nitrogens is 1. The standard InChI is InChI=1S/C24H30N2O/c1-17-3-6-21(7-4-17)24(27)18(2)26-13-10-19(11-14-26)15-20-5-8-23-22(16-20)9-12-25-23/h3-9,12,16,18-19,24-25,27H,10-11,13-15H2,1-2H3. The van der Waals surface area contributed by atoms with Gasteiger partial charge in [-0.25, -0.2) is 0 Å². The zero-order valence-corrected chi connectivity index (χ0v) is 16.4. The molecule has 4 rings (SSSR count). The summed E-state index contributed by atoms with van der Waals surface area (Å²) in [5.74, 6) is 0.737. The van der Waals surface area contributed by atoms with Crippen molar-refractivity contribution in [2.45, 2.75) is 45.3 Å². The maximum atomic E-state index is 10.8. The SMILES string of the molecule is Cc1ccc(C(O)C(C)N2CCC(Cc3ccc4[nH]ccc4c3)CC2)cc1. The smallest absolute Gasteiger partial charge is 0.0942 e. The number of nitrogens with one attached hydrogen (secondary N) is 1. The molecule has 2 atom stereocenters. The maximum Gasteiger partial charge on any atom is 0.0942 e. The number of aliphatic hydroxyl groups is 1. The first-order valence-corrected chi connectivity index (χ1v) is 10.1. The first kappa shape index (κ1) is 18.3. The summed E-state index contributed by atoms with van der Waals surface area (Å²) >= 11 is 0. The van der Waals surface area contributed by atoms with Gasteiger partial charge in [0.05, 0.1) is 6.10 Å². The van der Waals surface area contributed by atoms with Gasteiger partial charge in [-0.3, -0.25) is 4.90 Å². The highest BCUT2D eigenvalue weighted by Gasteiger charge is 2.27. The van der Waals surface area contributed by atoms with E-state index in [1.807, 2.05) is 6.20 Å². The van der Waals surface area contributed by atoms with Crippen molar-refractivity contribution >= 4 is 10.9 Å². The van der Waals surface area contributed by atoms with Gasteiger partial charge in [-0.15, -0.1) is 0 Å². The number of aryl methyl sites for hydroxylation is 1. The maximum absolute atomic E-state index is 10.8. The highest BCUT2D eigenvalue weighted by Crippen LogP contribution is 2.28. The molecule has 3 nitrogen and oxygen atoms in total. The molecule has 1 fully saturated rings. The van der Waals surface area contributed by atoms with Crippen LogP contribution in [0.15, 0.2) is 54.7 Å². The zero-order chi connectivity index (χ0) is 18.8. The summed E-state index contributed by atoms with van der Waals surface area (Å²) in [6.07, 6.45) is 5.15. The summed E-state index contributed by atoms with van der Waals surface area (Å²) in [6.45, 7) is 6.38. The van der Waals surface area contributed by atoms with Crippen LogP contribution in [0.3, 0.4) is 0 Å². The Balaban J connectivity index is 1.33. The predicted octanol–water partition coefficient (Wildman–Crippen LogP) is 4.85. The molecule has 0 saturated carbocycles. The molecule has 3 aromatic rings. The average molecular weight is 363 g/mol. The first-order valence-electron chi connectivity index (χ1n) is 10.1. The Morgan fingerprint density at radius 2 is 1.81 bits per heavy atom. The number of hydrogen-bond acceptors (Lipinski definition) is 2. The van der Waals surface area contributed by atoms with E-state index in [0.29, 0.717) is 0 Å². The topological polar surface area (TPSA) is 39.3 Å². The number of nitrogens with zero attached hydrogens (tertiary/aromatic N) is 1. The number of benzene rings is 2. The van der Waals surface area contributed by atoms with Gasteiger partial charge in [-0.1, -0.05) is 35.9 Å². The molecule has 0 radical (unpaired) electrons. The minimum atomic E-state index is -0.418. The normalized spacial score (nSPS) is 18.6. The number of aromatic nitrogens is 1. The highest BCUT2D eigenvalue weighted by atomic mass is 16.3. The highest BCUT2D eigenvalue weighted by molar-refractivity contribution is 5.79. The van der Waals surface area contributed by atoms with Crippen molar-refractivity contribution < 1.29 is 5.11 Å². The van der Waals surface area contributed by atoms with Crippen LogP contribution in [0.4, 0.5) is 0 Å². The molecule has 1 aromatic heterocycles. The number of piperidine rings is 1. The van der Waals surface area contributed by atoms with Crippen LogP contribution in [-0.4, -0.2) is 34.1 Å². The number of fused-ring (bicyclic) bond motifs is 1. The molecule has 0 spiro atoms. The fraction of sp³-hybridized carbons (Fsp3) is 0.417. The van der Waals surface area contributed by atoms with Crippen LogP contribution in [0.2, 0.25) is 0 Å². The molecule has 27 heavy (non-hydrogen) atoms. The molecule has 2 aromatic carbocycles. The second-order valence-corrected chi connectivity index (χ2v) is 8.18. The largest absolute Gasteiger partial charge is 0.387 e. The third-order valence-electron chi connectivity index (χ3n) is 6.24. The monoisotopic (exact) mass is 362 g/mol. The van der Waals surface area contributed by atoms with Crippen LogP contribution in [-0.2, 0) is 6.42 Å². The second kappa shape index (κ2) is 7.87. The third-order valence-corrected chi connectivity index (χ3v) is 6.24. The van der Waals surface area contributed by atoms with Crippen LogP contribution in [0.1, 0.15) is 42.6 Å². The van der Waals surface area contributed by atoms with Gasteiger partial charge in [0.25, 0.3) is 0 Å². The molecule has 1 saturated heterocycles. The van der Waals surface area contributed by atoms with Gasteiger partial charge in [0.15, 0.2) is 0 Å². The van der Waals surface area contributed by atoms with Crippen molar-refractivity contribution in [2.75, 3.05) is 13.1 Å². The van der Waals surface area contributed by atoms with E-state index < -0.39 is 6.10 Å². The number of likely N-dealkylation sites (tertiary alicyclic amines) is 1. The Bertz CT molecular complexity index is 875. The predicted molar refractivity (Wildman–Crippen MR) is 112 cm³/mol. The van der Waals surface area contributed by atoms with E-state index in [4.69, 9.17) is 0 Å². The summed E-state index contributed by atoms with van der Waals surface area (Å²) in [4.78, 5) is 5.72. The van der Waals surface area contributed by atoms with Crippen LogP contribution in [0.25, 0.3) is 10.9 Å². The number of rotatable bonds is 5. The summed E-state index contributed by atoms with van der Waals surface area (Å²) in [5.41, 5.74) is 4.91. The summed E-state index contributed by atoms with van der Waals surface area (Å²) in [5, 5.41) is 12.1. The molecule has 1 aliphatic rings. The lowest BCUT2D eigenvalue weighted by atomic mass is 9.88. The third kappa shape index (κ3) is 4.10. The molecule has 2 N–H and O–H groups in total. The molecule has 0 bridgehead atoms. The Labute approximate surface area is 162 Å². The fourth-order valence-electron chi connectivity index (χ4n) is 4.37. The van der Waals surface area contributed by atoms with Gasteiger partial charge in [0, 0.05) is 17.8 Å². The van der Waals surface area contributed by atoms with Gasteiger partial charge in [-0.05, 0) is 86.8 Å². The number of aliphatic hydroxyl groups excluding tert-OH is 1. The van der Waals surface area contributed by atoms with Crippen molar-refractivity contribution in [3.05, 3.63) is 71.4 Å². The van der Waals surface area contributed by atoms with Crippen molar-refractivity contribution in [1.29, 1.82) is 0 Å². The van der Waals surface area contributed by atoms with Gasteiger partial charge >= 0.3 is 0 Å². The summed E-state index contributed by atoms with van der Waals surface area (Å²) in [6, 6.07) is 17.4. The fourth-order valence-corrected chi connectivity index (χ4v) is 4.37. The Hall–Kier alpha value is -2.10. The van der Waals surface area contributed by atoms with Crippen molar-refractivity contribution in [2.24, 2.45) is 5.92 Å². The van der Waals surface area contributed by atoms with Crippen LogP contribution < -0.4 is 0 Å². The Morgan fingerprint density at radius 3 is 2.56 bits per heavy atom. The average Bonchev–Trinajstić information content (AvgIpc) is 3.16. The van der Waals surface area contributed by atoms with E-state index in [9.17, 15) is 5.11 Å². The Kier molecular flexibility index (Phi) is 5.33. The molecular formula is C24H30N2O. The molecule has 2 heterocycles. The lowest BCUT2D eigenvalue weighted by molar-refractivity contribution is 0.0373. The molecule has 2 unspecified atom stereocenters. The summed E-state index contributed by atoms with van der Waals surface area (Å²) < 4.78 is 0. The molecule has 1 aliphatic heterocycles. The van der Waals surface area contributed by atoms with Crippen LogP contribution >= 0.6 is 0 Å². The molecule has 3 heteroatoms. The molecular weight excluding hydrogens is 332 g/mol. The van der Waals surface area contributed by atoms with Crippen molar-refractivity contribution in [1.82, 2.24) is 9.88 Å². The van der Waals surface area contributed by atoms with E-state index >= 15 is 0 Å². The molecule has 0 aliphatic carbocycles. The first-order chi connectivity index (χ1) is 13.1. The van der Waals surface area contributed by atoms with Crippen LogP contribution in [0.5, 0.6) is 0 Å². The number of aromatic amines is 1.